The highest BCUT2D eigenvalue weighted by molar-refractivity contribution is 6.02. The maximum Gasteiger partial charge on any atom is 0.306 e. The van der Waals surface area contributed by atoms with Gasteiger partial charge in [0.15, 0.2) is 6.61 Å². The Balaban J connectivity index is 1.53. The Morgan fingerprint density at radius 2 is 1.78 bits per heavy atom. The number of benzene rings is 2. The van der Waals surface area contributed by atoms with E-state index in [1.54, 1.807) is 0 Å². The number of anilines is 1. The summed E-state index contributed by atoms with van der Waals surface area (Å²) >= 11 is 0. The lowest BCUT2D eigenvalue weighted by Gasteiger charge is -2.10. The summed E-state index contributed by atoms with van der Waals surface area (Å²) in [4.78, 5) is 23.8. The van der Waals surface area contributed by atoms with Crippen molar-refractivity contribution in [2.75, 3.05) is 11.9 Å². The van der Waals surface area contributed by atoms with Gasteiger partial charge in [0, 0.05) is 17.5 Å². The average molecular weight is 311 g/mol. The summed E-state index contributed by atoms with van der Waals surface area (Å²) in [5.41, 5.74) is 0.736. The fourth-order valence-electron chi connectivity index (χ4n) is 3.18. The fourth-order valence-corrected chi connectivity index (χ4v) is 3.18. The Morgan fingerprint density at radius 1 is 1.04 bits per heavy atom. The van der Waals surface area contributed by atoms with E-state index in [4.69, 9.17) is 4.74 Å². The topological polar surface area (TPSA) is 55.4 Å². The number of ether oxygens (including phenoxy) is 1. The van der Waals surface area contributed by atoms with Gasteiger partial charge in [0.25, 0.3) is 5.91 Å². The maximum atomic E-state index is 12.0. The number of hydrogen-bond donors (Lipinski definition) is 1. The predicted octanol–water partition coefficient (Wildman–Crippen LogP) is 3.90. The fraction of sp³-hybridized carbons (Fsp3) is 0.368. The van der Waals surface area contributed by atoms with Crippen molar-refractivity contribution < 1.29 is 14.3 Å². The lowest BCUT2D eigenvalue weighted by atomic mass is 10.0. The number of esters is 1. The Labute approximate surface area is 135 Å². The van der Waals surface area contributed by atoms with Gasteiger partial charge in [-0.05, 0) is 30.2 Å². The highest BCUT2D eigenvalue weighted by Gasteiger charge is 2.19. The van der Waals surface area contributed by atoms with E-state index in [-0.39, 0.29) is 18.5 Å². The molecule has 0 atom stereocenters. The lowest BCUT2D eigenvalue weighted by Crippen LogP contribution is -2.21. The molecule has 4 heteroatoms. The summed E-state index contributed by atoms with van der Waals surface area (Å²) in [5.74, 6) is -0.144. The molecule has 0 aliphatic heterocycles. The lowest BCUT2D eigenvalue weighted by molar-refractivity contribution is -0.148. The molecule has 0 aromatic heterocycles. The van der Waals surface area contributed by atoms with Crippen LogP contribution >= 0.6 is 0 Å². The number of nitrogens with one attached hydrogen (secondary N) is 1. The van der Waals surface area contributed by atoms with Crippen LogP contribution in [0.1, 0.15) is 32.1 Å². The summed E-state index contributed by atoms with van der Waals surface area (Å²) < 4.78 is 5.10. The van der Waals surface area contributed by atoms with Crippen molar-refractivity contribution >= 4 is 28.3 Å². The molecule has 4 nitrogen and oxygen atoms in total. The second-order valence-corrected chi connectivity index (χ2v) is 6.09. The van der Waals surface area contributed by atoms with Crippen molar-refractivity contribution in [2.24, 2.45) is 5.92 Å². The molecule has 1 N–H and O–H groups in total. The maximum absolute atomic E-state index is 12.0. The predicted molar refractivity (Wildman–Crippen MR) is 90.1 cm³/mol. The van der Waals surface area contributed by atoms with E-state index < -0.39 is 0 Å². The molecule has 1 aliphatic carbocycles. The van der Waals surface area contributed by atoms with E-state index >= 15 is 0 Å². The first-order valence-corrected chi connectivity index (χ1v) is 8.15. The Bertz CT molecular complexity index is 699. The molecule has 23 heavy (non-hydrogen) atoms. The van der Waals surface area contributed by atoms with Crippen LogP contribution in [0, 0.1) is 5.92 Å². The monoisotopic (exact) mass is 311 g/mol. The van der Waals surface area contributed by atoms with Crippen LogP contribution < -0.4 is 5.32 Å². The van der Waals surface area contributed by atoms with E-state index in [1.807, 2.05) is 42.5 Å². The summed E-state index contributed by atoms with van der Waals surface area (Å²) in [6, 6.07) is 13.6. The molecule has 0 heterocycles. The summed E-state index contributed by atoms with van der Waals surface area (Å²) in [7, 11) is 0. The second kappa shape index (κ2) is 7.27. The average Bonchev–Trinajstić information content (AvgIpc) is 3.06. The second-order valence-electron chi connectivity index (χ2n) is 6.09. The van der Waals surface area contributed by atoms with Crippen LogP contribution in [-0.4, -0.2) is 18.5 Å². The highest BCUT2D eigenvalue weighted by Crippen LogP contribution is 2.27. The number of carbonyl (C=O) groups excluding carboxylic acids is 2. The van der Waals surface area contributed by atoms with Gasteiger partial charge in [-0.1, -0.05) is 49.2 Å². The summed E-state index contributed by atoms with van der Waals surface area (Å²) in [6.45, 7) is -0.227. The third kappa shape index (κ3) is 4.09. The summed E-state index contributed by atoms with van der Waals surface area (Å²) in [6.07, 6.45) is 5.01. The molecule has 2 aromatic rings. The molecular formula is C19H21NO3. The number of fused-ring (bicyclic) bond motifs is 1. The zero-order valence-corrected chi connectivity index (χ0v) is 13.1. The SMILES string of the molecule is O=C(COC(=O)CC1CCCC1)Nc1cccc2ccccc12. The van der Waals surface area contributed by atoms with Crippen LogP contribution in [0.3, 0.4) is 0 Å². The van der Waals surface area contributed by atoms with Crippen molar-refractivity contribution in [1.82, 2.24) is 0 Å². The smallest absolute Gasteiger partial charge is 0.306 e. The van der Waals surface area contributed by atoms with Crippen molar-refractivity contribution in [3.63, 3.8) is 0 Å². The van der Waals surface area contributed by atoms with Crippen LogP contribution in [0.15, 0.2) is 42.5 Å². The molecule has 0 unspecified atom stereocenters. The van der Waals surface area contributed by atoms with Gasteiger partial charge in [-0.15, -0.1) is 0 Å². The third-order valence-corrected chi connectivity index (χ3v) is 4.36. The molecule has 1 amide bonds. The van der Waals surface area contributed by atoms with Crippen molar-refractivity contribution in [3.05, 3.63) is 42.5 Å². The zero-order chi connectivity index (χ0) is 16.1. The molecule has 3 rings (SSSR count). The van der Waals surface area contributed by atoms with Crippen LogP contribution in [0.25, 0.3) is 10.8 Å². The van der Waals surface area contributed by atoms with Gasteiger partial charge in [-0.3, -0.25) is 9.59 Å². The Morgan fingerprint density at radius 3 is 2.61 bits per heavy atom. The van der Waals surface area contributed by atoms with Crippen LogP contribution in [-0.2, 0) is 14.3 Å². The molecule has 0 saturated heterocycles. The third-order valence-electron chi connectivity index (χ3n) is 4.36. The molecule has 1 fully saturated rings. The largest absolute Gasteiger partial charge is 0.456 e. The van der Waals surface area contributed by atoms with Gasteiger partial charge < -0.3 is 10.1 Å². The van der Waals surface area contributed by atoms with Gasteiger partial charge >= 0.3 is 5.97 Å². The van der Waals surface area contributed by atoms with Crippen molar-refractivity contribution in [2.45, 2.75) is 32.1 Å². The van der Waals surface area contributed by atoms with E-state index in [2.05, 4.69) is 5.32 Å². The van der Waals surface area contributed by atoms with Gasteiger partial charge in [0.1, 0.15) is 0 Å². The number of hydrogen-bond acceptors (Lipinski definition) is 3. The first-order chi connectivity index (χ1) is 11.2. The minimum absolute atomic E-state index is 0.227. The van der Waals surface area contributed by atoms with Gasteiger partial charge in [-0.2, -0.15) is 0 Å². The molecule has 120 valence electrons. The Kier molecular flexibility index (Phi) is 4.91. The van der Waals surface area contributed by atoms with E-state index in [0.717, 1.165) is 29.3 Å². The molecule has 2 aromatic carbocycles. The minimum Gasteiger partial charge on any atom is -0.456 e. The molecular weight excluding hydrogens is 290 g/mol. The van der Waals surface area contributed by atoms with E-state index in [0.29, 0.717) is 12.3 Å². The van der Waals surface area contributed by atoms with E-state index in [1.165, 1.54) is 12.8 Å². The van der Waals surface area contributed by atoms with Gasteiger partial charge in [-0.25, -0.2) is 0 Å². The first-order valence-electron chi connectivity index (χ1n) is 8.15. The highest BCUT2D eigenvalue weighted by atomic mass is 16.5. The molecule has 0 radical (unpaired) electrons. The summed E-state index contributed by atoms with van der Waals surface area (Å²) in [5, 5.41) is 4.85. The van der Waals surface area contributed by atoms with Crippen LogP contribution in [0.2, 0.25) is 0 Å². The minimum atomic E-state index is -0.305. The van der Waals surface area contributed by atoms with E-state index in [9.17, 15) is 9.59 Å². The van der Waals surface area contributed by atoms with Crippen LogP contribution in [0.5, 0.6) is 0 Å². The number of amides is 1. The molecule has 0 bridgehead atoms. The molecule has 1 aliphatic rings. The van der Waals surface area contributed by atoms with Crippen molar-refractivity contribution in [1.29, 1.82) is 0 Å². The quantitative estimate of drug-likeness (QED) is 0.852. The zero-order valence-electron chi connectivity index (χ0n) is 13.1. The Hall–Kier alpha value is -2.36. The normalized spacial score (nSPS) is 14.8. The van der Waals surface area contributed by atoms with Crippen molar-refractivity contribution in [3.8, 4) is 0 Å². The van der Waals surface area contributed by atoms with Gasteiger partial charge in [0.05, 0.1) is 0 Å². The molecule has 0 spiro atoms. The standard InChI is InChI=1S/C19H21NO3/c21-18(13-23-19(22)12-14-6-1-2-7-14)20-17-11-5-9-15-8-3-4-10-16(15)17/h3-5,8-11,14H,1-2,6-7,12-13H2,(H,20,21). The first kappa shape index (κ1) is 15.5. The number of carbonyl (C=O) groups is 2. The van der Waals surface area contributed by atoms with Gasteiger partial charge in [0.2, 0.25) is 0 Å². The van der Waals surface area contributed by atoms with Crippen LogP contribution in [0.4, 0.5) is 5.69 Å². The molecule has 1 saturated carbocycles. The number of rotatable bonds is 5.